The molecule has 6 heteroatoms. The molecule has 0 fully saturated rings. The molecular formula is C10H9O6+. The lowest BCUT2D eigenvalue weighted by Crippen LogP contribution is -2.15. The van der Waals surface area contributed by atoms with Gasteiger partial charge in [-0.1, -0.05) is 0 Å². The molecule has 0 atom stereocenters. The molecule has 0 aromatic heterocycles. The number of aromatic carboxylic acids is 2. The molecule has 0 aliphatic carbocycles. The Labute approximate surface area is 89.8 Å². The first kappa shape index (κ1) is 11.7. The van der Waals surface area contributed by atoms with Crippen LogP contribution in [0.5, 0.6) is 0 Å². The smallest absolute Gasteiger partial charge is 0.550 e. The van der Waals surface area contributed by atoms with Gasteiger partial charge in [-0.3, -0.25) is 0 Å². The van der Waals surface area contributed by atoms with E-state index >= 15 is 0 Å². The first-order valence-electron chi connectivity index (χ1n) is 4.21. The average Bonchev–Trinajstić information content (AvgIpc) is 2.15. The number of carbonyl (C=O) groups is 3. The number of hydrogen-bond acceptors (Lipinski definition) is 3. The number of carboxylic acid groups (broad SMARTS) is 2. The molecule has 0 saturated heterocycles. The van der Waals surface area contributed by atoms with E-state index in [1.807, 2.05) is 0 Å². The lowest BCUT2D eigenvalue weighted by Gasteiger charge is -2.04. The van der Waals surface area contributed by atoms with Crippen LogP contribution in [-0.4, -0.2) is 33.2 Å². The van der Waals surface area contributed by atoms with Crippen molar-refractivity contribution in [1.29, 1.82) is 0 Å². The molecule has 1 aromatic rings. The average molecular weight is 225 g/mol. The summed E-state index contributed by atoms with van der Waals surface area (Å²) in [7, 11) is 0. The molecule has 0 heterocycles. The largest absolute Gasteiger partial charge is 0.561 e. The van der Waals surface area contributed by atoms with Crippen molar-refractivity contribution in [2.75, 3.05) is 0 Å². The van der Waals surface area contributed by atoms with Crippen LogP contribution in [-0.2, 0) is 0 Å². The Hall–Kier alpha value is -2.37. The quantitative estimate of drug-likeness (QED) is 0.716. The predicted molar refractivity (Wildman–Crippen MR) is 53.0 cm³/mol. The van der Waals surface area contributed by atoms with Crippen molar-refractivity contribution in [3.8, 4) is 0 Å². The molecule has 0 amide bonds. The van der Waals surface area contributed by atoms with Crippen molar-refractivity contribution < 1.29 is 29.7 Å². The number of carboxylic acids is 2. The standard InChI is InChI=1S/C10H8O6/c1-4-2-5(8(11)12)7(10(15)16)6(3-4)9(13)14/h2-3H,1H3,(H,11,12)(H,13,14)(H,15,16)/p+1. The van der Waals surface area contributed by atoms with Crippen LogP contribution in [0.1, 0.15) is 36.6 Å². The van der Waals surface area contributed by atoms with Gasteiger partial charge >= 0.3 is 17.9 Å². The van der Waals surface area contributed by atoms with E-state index in [0.29, 0.717) is 5.56 Å². The first-order chi connectivity index (χ1) is 7.34. The van der Waals surface area contributed by atoms with Crippen LogP contribution in [0.4, 0.5) is 0 Å². The predicted octanol–water partition coefficient (Wildman–Crippen LogP) is 0.256. The fraction of sp³-hybridized carbons (Fsp3) is 0.100. The minimum Gasteiger partial charge on any atom is -0.561 e. The molecule has 84 valence electrons. The van der Waals surface area contributed by atoms with Crippen molar-refractivity contribution in [1.82, 2.24) is 0 Å². The fourth-order valence-electron chi connectivity index (χ4n) is 1.36. The summed E-state index contributed by atoms with van der Waals surface area (Å²) in [6.45, 7) is 1.52. The molecule has 1 rings (SSSR count). The number of hydrogen-bond donors (Lipinski definition) is 2. The Morgan fingerprint density at radius 2 is 1.56 bits per heavy atom. The summed E-state index contributed by atoms with van der Waals surface area (Å²) in [4.78, 5) is 32.6. The number of benzene rings is 1. The normalized spacial score (nSPS) is 9.81. The highest BCUT2D eigenvalue weighted by Gasteiger charge is 2.27. The van der Waals surface area contributed by atoms with Crippen LogP contribution in [0.15, 0.2) is 12.1 Å². The Bertz CT molecular complexity index is 453. The van der Waals surface area contributed by atoms with E-state index < -0.39 is 34.6 Å². The van der Waals surface area contributed by atoms with E-state index in [1.165, 1.54) is 13.0 Å². The summed E-state index contributed by atoms with van der Waals surface area (Å²) >= 11 is 0. The molecule has 0 spiro atoms. The van der Waals surface area contributed by atoms with E-state index in [4.69, 9.17) is 15.3 Å². The molecule has 0 unspecified atom stereocenters. The Balaban J connectivity index is 3.67. The summed E-state index contributed by atoms with van der Waals surface area (Å²) in [5, 5.41) is 24.5. The summed E-state index contributed by atoms with van der Waals surface area (Å²) in [6, 6.07) is 2.34. The molecule has 4 N–H and O–H groups in total. The molecule has 0 bridgehead atoms. The van der Waals surface area contributed by atoms with Crippen LogP contribution in [0.25, 0.3) is 0 Å². The zero-order valence-corrected chi connectivity index (χ0v) is 8.27. The maximum atomic E-state index is 10.9. The lowest BCUT2D eigenvalue weighted by atomic mass is 9.98. The maximum Gasteiger partial charge on any atom is 0.550 e. The van der Waals surface area contributed by atoms with Gasteiger partial charge in [0.05, 0.1) is 11.1 Å². The van der Waals surface area contributed by atoms with Gasteiger partial charge in [-0.25, -0.2) is 9.59 Å². The van der Waals surface area contributed by atoms with Gasteiger partial charge in [0.2, 0.25) is 0 Å². The lowest BCUT2D eigenvalue weighted by molar-refractivity contribution is 0.0633. The molecule has 1 aromatic carbocycles. The number of carbonyl (C=O) groups excluding carboxylic acids is 1. The van der Waals surface area contributed by atoms with E-state index in [-0.39, 0.29) is 0 Å². The third-order valence-corrected chi connectivity index (χ3v) is 1.97. The van der Waals surface area contributed by atoms with Crippen molar-refractivity contribution >= 4 is 17.9 Å². The monoisotopic (exact) mass is 225 g/mol. The second kappa shape index (κ2) is 4.01. The van der Waals surface area contributed by atoms with E-state index in [9.17, 15) is 14.4 Å². The van der Waals surface area contributed by atoms with Crippen LogP contribution < -0.4 is 0 Å². The number of rotatable bonds is 3. The third-order valence-electron chi connectivity index (χ3n) is 1.97. The highest BCUT2D eigenvalue weighted by molar-refractivity contribution is 6.09. The molecular weight excluding hydrogens is 216 g/mol. The molecule has 0 radical (unpaired) electrons. The second-order valence-electron chi connectivity index (χ2n) is 3.17. The van der Waals surface area contributed by atoms with E-state index in [1.54, 1.807) is 0 Å². The maximum absolute atomic E-state index is 10.9. The van der Waals surface area contributed by atoms with Crippen LogP contribution in [0.3, 0.4) is 0 Å². The van der Waals surface area contributed by atoms with Crippen molar-refractivity contribution in [3.63, 3.8) is 0 Å². The van der Waals surface area contributed by atoms with Gasteiger partial charge in [0, 0.05) is 4.79 Å². The first-order valence-corrected chi connectivity index (χ1v) is 4.21. The zero-order valence-electron chi connectivity index (χ0n) is 8.27. The second-order valence-corrected chi connectivity index (χ2v) is 3.17. The number of aryl methyl sites for hydroxylation is 1. The van der Waals surface area contributed by atoms with Gasteiger partial charge < -0.3 is 15.3 Å². The van der Waals surface area contributed by atoms with Gasteiger partial charge in [-0.05, 0) is 24.6 Å². The highest BCUT2D eigenvalue weighted by Crippen LogP contribution is 2.18. The summed E-state index contributed by atoms with van der Waals surface area (Å²) < 4.78 is 0. The molecule has 0 saturated carbocycles. The van der Waals surface area contributed by atoms with Gasteiger partial charge in [0.25, 0.3) is 0 Å². The molecule has 16 heavy (non-hydrogen) atoms. The van der Waals surface area contributed by atoms with Crippen molar-refractivity contribution in [3.05, 3.63) is 34.4 Å². The van der Waals surface area contributed by atoms with Gasteiger partial charge in [0.15, 0.2) is 0 Å². The van der Waals surface area contributed by atoms with Gasteiger partial charge in [-0.2, -0.15) is 0 Å². The minimum atomic E-state index is -1.53. The SMILES string of the molecule is Cc1cc(C(=O)O)c(C(=O)O)c(C(=O)[OH2+])c1. The van der Waals surface area contributed by atoms with E-state index in [2.05, 4.69) is 0 Å². The minimum absolute atomic E-state index is 0.412. The molecule has 6 nitrogen and oxygen atoms in total. The summed E-state index contributed by atoms with van der Waals surface area (Å²) in [6.07, 6.45) is 0. The van der Waals surface area contributed by atoms with Gasteiger partial charge in [-0.15, -0.1) is 0 Å². The third kappa shape index (κ3) is 2.00. The van der Waals surface area contributed by atoms with E-state index in [0.717, 1.165) is 6.07 Å². The molecule has 0 aliphatic heterocycles. The van der Waals surface area contributed by atoms with Crippen LogP contribution >= 0.6 is 0 Å². The van der Waals surface area contributed by atoms with Crippen molar-refractivity contribution in [2.45, 2.75) is 6.92 Å². The Kier molecular flexibility index (Phi) is 2.94. The van der Waals surface area contributed by atoms with Crippen molar-refractivity contribution in [2.24, 2.45) is 0 Å². The topological polar surface area (TPSA) is 115 Å². The zero-order chi connectivity index (χ0) is 12.5. The molecule has 0 aliphatic rings. The Morgan fingerprint density at radius 3 is 1.94 bits per heavy atom. The fourth-order valence-corrected chi connectivity index (χ4v) is 1.36. The summed E-state index contributed by atoms with van der Waals surface area (Å²) in [5.74, 6) is -4.19. The Morgan fingerprint density at radius 1 is 1.06 bits per heavy atom. The van der Waals surface area contributed by atoms with Gasteiger partial charge in [0.1, 0.15) is 5.56 Å². The highest BCUT2D eigenvalue weighted by atomic mass is 16.4. The van der Waals surface area contributed by atoms with Crippen LogP contribution in [0.2, 0.25) is 0 Å². The van der Waals surface area contributed by atoms with Crippen LogP contribution in [0, 0.1) is 6.92 Å². The summed E-state index contributed by atoms with van der Waals surface area (Å²) in [5.41, 5.74) is -1.12.